The highest BCUT2D eigenvalue weighted by Gasteiger charge is 2.32. The zero-order chi connectivity index (χ0) is 17.9. The van der Waals surface area contributed by atoms with Crippen molar-refractivity contribution in [2.45, 2.75) is 72.3 Å². The highest BCUT2D eigenvalue weighted by atomic mass is 16.6. The Bertz CT molecular complexity index is 542. The van der Waals surface area contributed by atoms with E-state index in [2.05, 4.69) is 46.9 Å². The van der Waals surface area contributed by atoms with Gasteiger partial charge in [-0.15, -0.1) is 0 Å². The van der Waals surface area contributed by atoms with Crippen LogP contribution in [0.25, 0.3) is 0 Å². The van der Waals surface area contributed by atoms with Crippen LogP contribution in [0.2, 0.25) is 0 Å². The van der Waals surface area contributed by atoms with Gasteiger partial charge in [0.25, 0.3) is 0 Å². The Balaban J connectivity index is 1.96. The van der Waals surface area contributed by atoms with Crippen LogP contribution in [0.5, 0.6) is 5.75 Å². The van der Waals surface area contributed by atoms with E-state index in [1.165, 1.54) is 18.4 Å². The van der Waals surface area contributed by atoms with Crippen molar-refractivity contribution < 1.29 is 9.53 Å². The van der Waals surface area contributed by atoms with Crippen molar-refractivity contribution in [2.75, 3.05) is 0 Å². The first-order valence-electron chi connectivity index (χ1n) is 9.25. The van der Waals surface area contributed by atoms with Crippen LogP contribution >= 0.6 is 0 Å². The number of hydrogen-bond acceptors (Lipinski definition) is 2. The third-order valence-corrected chi connectivity index (χ3v) is 5.26. The molecule has 0 saturated heterocycles. The molecule has 3 nitrogen and oxygen atoms in total. The summed E-state index contributed by atoms with van der Waals surface area (Å²) in [4.78, 5) is 12.3. The van der Waals surface area contributed by atoms with Gasteiger partial charge in [-0.3, -0.25) is 0 Å². The topological polar surface area (TPSA) is 38.3 Å². The minimum Gasteiger partial charge on any atom is -0.410 e. The van der Waals surface area contributed by atoms with E-state index in [-0.39, 0.29) is 17.6 Å². The number of amides is 1. The van der Waals surface area contributed by atoms with Gasteiger partial charge in [-0.05, 0) is 53.7 Å². The molecule has 1 aliphatic carbocycles. The van der Waals surface area contributed by atoms with Crippen molar-refractivity contribution in [3.05, 3.63) is 29.8 Å². The van der Waals surface area contributed by atoms with Gasteiger partial charge in [-0.1, -0.05) is 60.1 Å². The molecule has 0 bridgehead atoms. The molecule has 1 aliphatic rings. The van der Waals surface area contributed by atoms with E-state index < -0.39 is 0 Å². The summed E-state index contributed by atoms with van der Waals surface area (Å²) in [6.07, 6.45) is 3.15. The summed E-state index contributed by atoms with van der Waals surface area (Å²) >= 11 is 0. The lowest BCUT2D eigenvalue weighted by molar-refractivity contribution is 0.151. The molecule has 1 amide bonds. The average molecular weight is 332 g/mol. The summed E-state index contributed by atoms with van der Waals surface area (Å²) in [5.74, 6) is 2.38. The molecule has 1 saturated carbocycles. The normalized spacial score (nSPS) is 24.7. The molecule has 24 heavy (non-hydrogen) atoms. The number of benzene rings is 1. The average Bonchev–Trinajstić information content (AvgIpc) is 2.46. The molecule has 1 N–H and O–H groups in total. The van der Waals surface area contributed by atoms with Crippen LogP contribution in [0.4, 0.5) is 4.79 Å². The van der Waals surface area contributed by atoms with Crippen molar-refractivity contribution >= 4 is 6.09 Å². The maximum atomic E-state index is 12.3. The molecule has 0 radical (unpaired) electrons. The van der Waals surface area contributed by atoms with Gasteiger partial charge < -0.3 is 10.1 Å². The highest BCUT2D eigenvalue weighted by molar-refractivity contribution is 5.70. The van der Waals surface area contributed by atoms with Crippen molar-refractivity contribution in [3.8, 4) is 5.75 Å². The molecule has 0 aromatic heterocycles. The largest absolute Gasteiger partial charge is 0.412 e. The van der Waals surface area contributed by atoms with E-state index in [1.54, 1.807) is 0 Å². The quantitative estimate of drug-likeness (QED) is 0.790. The van der Waals surface area contributed by atoms with E-state index in [0.29, 0.717) is 23.5 Å². The standard InChI is InChI=1S/C21H33NO2/c1-14(2)18-12-7-15(3)13-19(18)22-20(23)24-17-10-8-16(9-11-17)21(4,5)6/h8-11,14-15,18-19H,7,12-13H2,1-6H3,(H,22,23)/t15-,18-,19+/m0/s1. The molecule has 1 fully saturated rings. The van der Waals surface area contributed by atoms with E-state index in [1.807, 2.05) is 24.3 Å². The molecule has 0 spiro atoms. The van der Waals surface area contributed by atoms with Crippen LogP contribution in [0.1, 0.15) is 66.4 Å². The van der Waals surface area contributed by atoms with Gasteiger partial charge in [0.05, 0.1) is 0 Å². The second-order valence-electron chi connectivity index (χ2n) is 8.74. The summed E-state index contributed by atoms with van der Waals surface area (Å²) in [5.41, 5.74) is 1.33. The molecule has 134 valence electrons. The zero-order valence-corrected chi connectivity index (χ0v) is 16.1. The molecular formula is C21H33NO2. The third kappa shape index (κ3) is 4.99. The van der Waals surface area contributed by atoms with E-state index in [0.717, 1.165) is 6.42 Å². The first-order valence-corrected chi connectivity index (χ1v) is 9.25. The highest BCUT2D eigenvalue weighted by Crippen LogP contribution is 2.33. The van der Waals surface area contributed by atoms with Crippen LogP contribution in [-0.2, 0) is 5.41 Å². The van der Waals surface area contributed by atoms with Crippen LogP contribution in [0.3, 0.4) is 0 Å². The number of rotatable bonds is 3. The Morgan fingerprint density at radius 2 is 1.79 bits per heavy atom. The minimum absolute atomic E-state index is 0.101. The predicted octanol–water partition coefficient (Wildman–Crippen LogP) is 5.53. The smallest absolute Gasteiger partial charge is 0.410 e. The van der Waals surface area contributed by atoms with E-state index >= 15 is 0 Å². The predicted molar refractivity (Wildman–Crippen MR) is 99.4 cm³/mol. The number of carbonyl (C=O) groups excluding carboxylic acids is 1. The molecule has 0 aliphatic heterocycles. The lowest BCUT2D eigenvalue weighted by Crippen LogP contribution is -2.46. The molecule has 1 aromatic carbocycles. The van der Waals surface area contributed by atoms with Crippen molar-refractivity contribution in [1.82, 2.24) is 5.32 Å². The molecule has 3 heteroatoms. The summed E-state index contributed by atoms with van der Waals surface area (Å²) in [5, 5.41) is 3.11. The molecule has 0 heterocycles. The van der Waals surface area contributed by atoms with E-state index in [9.17, 15) is 4.79 Å². The fourth-order valence-electron chi connectivity index (χ4n) is 3.68. The SMILES string of the molecule is CC(C)[C@@H]1CC[C@H](C)C[C@H]1NC(=O)Oc1ccc(C(C)(C)C)cc1. The van der Waals surface area contributed by atoms with Gasteiger partial charge in [0.2, 0.25) is 0 Å². The van der Waals surface area contributed by atoms with Crippen LogP contribution in [0, 0.1) is 17.8 Å². The molecule has 0 unspecified atom stereocenters. The Morgan fingerprint density at radius 1 is 1.17 bits per heavy atom. The number of nitrogens with one attached hydrogen (secondary N) is 1. The van der Waals surface area contributed by atoms with Crippen LogP contribution in [-0.4, -0.2) is 12.1 Å². The lowest BCUT2D eigenvalue weighted by atomic mass is 9.74. The first-order chi connectivity index (χ1) is 11.2. The van der Waals surface area contributed by atoms with E-state index in [4.69, 9.17) is 4.74 Å². The molecule has 3 atom stereocenters. The number of carbonyl (C=O) groups is 1. The first kappa shape index (κ1) is 18.8. The maximum absolute atomic E-state index is 12.3. The summed E-state index contributed by atoms with van der Waals surface area (Å²) < 4.78 is 5.50. The van der Waals surface area contributed by atoms with Gasteiger partial charge in [-0.2, -0.15) is 0 Å². The summed E-state index contributed by atoms with van der Waals surface area (Å²) in [6.45, 7) is 13.3. The van der Waals surface area contributed by atoms with Gasteiger partial charge in [0, 0.05) is 6.04 Å². The minimum atomic E-state index is -0.330. The van der Waals surface area contributed by atoms with Crippen molar-refractivity contribution in [2.24, 2.45) is 17.8 Å². The fourth-order valence-corrected chi connectivity index (χ4v) is 3.68. The third-order valence-electron chi connectivity index (χ3n) is 5.26. The van der Waals surface area contributed by atoms with Gasteiger partial charge in [-0.25, -0.2) is 4.79 Å². The Labute approximate surface area is 147 Å². The number of ether oxygens (including phenoxy) is 1. The monoisotopic (exact) mass is 331 g/mol. The number of hydrogen-bond donors (Lipinski definition) is 1. The van der Waals surface area contributed by atoms with Crippen LogP contribution in [0.15, 0.2) is 24.3 Å². The second-order valence-corrected chi connectivity index (χ2v) is 8.74. The fraction of sp³-hybridized carbons (Fsp3) is 0.667. The Hall–Kier alpha value is -1.51. The Kier molecular flexibility index (Phi) is 5.95. The summed E-state index contributed by atoms with van der Waals surface area (Å²) in [7, 11) is 0. The maximum Gasteiger partial charge on any atom is 0.412 e. The zero-order valence-electron chi connectivity index (χ0n) is 16.1. The summed E-state index contributed by atoms with van der Waals surface area (Å²) in [6, 6.07) is 8.03. The second kappa shape index (κ2) is 7.58. The molecular weight excluding hydrogens is 298 g/mol. The van der Waals surface area contributed by atoms with Gasteiger partial charge in [0.15, 0.2) is 0 Å². The van der Waals surface area contributed by atoms with Crippen LogP contribution < -0.4 is 10.1 Å². The molecule has 1 aromatic rings. The van der Waals surface area contributed by atoms with Gasteiger partial charge in [0.1, 0.15) is 5.75 Å². The van der Waals surface area contributed by atoms with Crippen molar-refractivity contribution in [1.29, 1.82) is 0 Å². The Morgan fingerprint density at radius 3 is 2.33 bits per heavy atom. The lowest BCUT2D eigenvalue weighted by Gasteiger charge is -2.37. The van der Waals surface area contributed by atoms with Gasteiger partial charge >= 0.3 is 6.09 Å². The molecule has 2 rings (SSSR count). The van der Waals surface area contributed by atoms with Crippen molar-refractivity contribution in [3.63, 3.8) is 0 Å².